The van der Waals surface area contributed by atoms with Gasteiger partial charge < -0.3 is 14.6 Å². The van der Waals surface area contributed by atoms with Crippen molar-refractivity contribution in [1.29, 1.82) is 0 Å². The Bertz CT molecular complexity index is 824. The van der Waals surface area contributed by atoms with Crippen LogP contribution >= 0.6 is 0 Å². The summed E-state index contributed by atoms with van der Waals surface area (Å²) in [5, 5.41) is 2.88. The molecule has 0 bridgehead atoms. The van der Waals surface area contributed by atoms with E-state index in [2.05, 4.69) is 10.3 Å². The highest BCUT2D eigenvalue weighted by molar-refractivity contribution is 5.91. The van der Waals surface area contributed by atoms with E-state index in [0.29, 0.717) is 11.4 Å². The molecule has 1 aromatic heterocycles. The Morgan fingerprint density at radius 2 is 2.05 bits per heavy atom. The van der Waals surface area contributed by atoms with E-state index in [1.807, 2.05) is 54.0 Å². The summed E-state index contributed by atoms with van der Waals surface area (Å²) in [5.74, 6) is 1.43. The van der Waals surface area contributed by atoms with Crippen LogP contribution in [0.25, 0.3) is 11.0 Å². The third-order valence-electron chi connectivity index (χ3n) is 3.50. The van der Waals surface area contributed by atoms with E-state index in [9.17, 15) is 4.79 Å². The Hall–Kier alpha value is -2.82. The van der Waals surface area contributed by atoms with Gasteiger partial charge >= 0.3 is 0 Å². The van der Waals surface area contributed by atoms with Crippen LogP contribution in [0.3, 0.4) is 0 Å². The molecule has 1 heterocycles. The van der Waals surface area contributed by atoms with Crippen molar-refractivity contribution in [3.05, 3.63) is 54.4 Å². The van der Waals surface area contributed by atoms with E-state index in [1.54, 1.807) is 13.2 Å². The first-order valence-corrected chi connectivity index (χ1v) is 7.03. The first kappa shape index (κ1) is 14.1. The van der Waals surface area contributed by atoms with E-state index in [-0.39, 0.29) is 12.5 Å². The molecular formula is C17H17N3O2. The van der Waals surface area contributed by atoms with Crippen molar-refractivity contribution in [3.8, 4) is 5.75 Å². The van der Waals surface area contributed by atoms with Crippen molar-refractivity contribution in [2.24, 2.45) is 0 Å². The molecule has 5 heteroatoms. The Morgan fingerprint density at radius 1 is 1.23 bits per heavy atom. The molecule has 0 unspecified atom stereocenters. The Balaban J connectivity index is 1.79. The first-order chi connectivity index (χ1) is 10.7. The van der Waals surface area contributed by atoms with E-state index in [1.165, 1.54) is 0 Å². The minimum atomic E-state index is -0.0977. The number of carbonyl (C=O) groups is 1. The maximum Gasteiger partial charge on any atom is 0.244 e. The van der Waals surface area contributed by atoms with Crippen molar-refractivity contribution in [1.82, 2.24) is 9.55 Å². The Kier molecular flexibility index (Phi) is 3.78. The van der Waals surface area contributed by atoms with Gasteiger partial charge in [-0.25, -0.2) is 4.98 Å². The largest absolute Gasteiger partial charge is 0.497 e. The zero-order valence-electron chi connectivity index (χ0n) is 12.5. The number of ether oxygens (including phenoxy) is 1. The normalized spacial score (nSPS) is 10.6. The molecule has 0 aliphatic carbocycles. The lowest BCUT2D eigenvalue weighted by atomic mass is 10.3. The van der Waals surface area contributed by atoms with Gasteiger partial charge in [-0.3, -0.25) is 4.79 Å². The number of amides is 1. The fourth-order valence-electron chi connectivity index (χ4n) is 2.44. The highest BCUT2D eigenvalue weighted by Gasteiger charge is 2.11. The number of anilines is 1. The summed E-state index contributed by atoms with van der Waals surface area (Å²) in [4.78, 5) is 16.7. The van der Waals surface area contributed by atoms with Crippen LogP contribution in [0.4, 0.5) is 5.69 Å². The van der Waals surface area contributed by atoms with Crippen molar-refractivity contribution in [2.45, 2.75) is 13.5 Å². The van der Waals surface area contributed by atoms with Gasteiger partial charge in [0, 0.05) is 11.8 Å². The molecule has 112 valence electrons. The molecule has 0 fully saturated rings. The maximum atomic E-state index is 12.3. The lowest BCUT2D eigenvalue weighted by Crippen LogP contribution is -2.19. The maximum absolute atomic E-state index is 12.3. The molecule has 5 nitrogen and oxygen atoms in total. The van der Waals surface area contributed by atoms with Crippen molar-refractivity contribution in [3.63, 3.8) is 0 Å². The SMILES string of the molecule is COc1cccc(NC(=O)Cn2c(C)nc3ccccc32)c1. The lowest BCUT2D eigenvalue weighted by molar-refractivity contribution is -0.116. The Morgan fingerprint density at radius 3 is 2.86 bits per heavy atom. The molecule has 0 aliphatic rings. The predicted molar refractivity (Wildman–Crippen MR) is 86.1 cm³/mol. The van der Waals surface area contributed by atoms with Crippen LogP contribution in [0.5, 0.6) is 5.75 Å². The molecule has 0 saturated heterocycles. The molecule has 0 spiro atoms. The minimum Gasteiger partial charge on any atom is -0.497 e. The number of nitrogens with zero attached hydrogens (tertiary/aromatic N) is 2. The number of nitrogens with one attached hydrogen (secondary N) is 1. The second kappa shape index (κ2) is 5.89. The van der Waals surface area contributed by atoms with E-state index in [4.69, 9.17) is 4.74 Å². The van der Waals surface area contributed by atoms with Crippen LogP contribution in [0, 0.1) is 6.92 Å². The molecule has 1 N–H and O–H groups in total. The molecule has 22 heavy (non-hydrogen) atoms. The average Bonchev–Trinajstić information content (AvgIpc) is 2.83. The molecule has 1 amide bonds. The van der Waals surface area contributed by atoms with Crippen molar-refractivity contribution >= 4 is 22.6 Å². The molecule has 2 aromatic carbocycles. The van der Waals surface area contributed by atoms with E-state index in [0.717, 1.165) is 16.9 Å². The summed E-state index contributed by atoms with van der Waals surface area (Å²) in [6, 6.07) is 15.1. The topological polar surface area (TPSA) is 56.1 Å². The second-order valence-electron chi connectivity index (χ2n) is 5.01. The number of rotatable bonds is 4. The van der Waals surface area contributed by atoms with Crippen LogP contribution in [0.1, 0.15) is 5.82 Å². The smallest absolute Gasteiger partial charge is 0.244 e. The third kappa shape index (κ3) is 2.79. The summed E-state index contributed by atoms with van der Waals surface area (Å²) in [6.45, 7) is 2.13. The standard InChI is InChI=1S/C17H17N3O2/c1-12-18-15-8-3-4-9-16(15)20(12)11-17(21)19-13-6-5-7-14(10-13)22-2/h3-10H,11H2,1-2H3,(H,19,21). The van der Waals surface area contributed by atoms with Crippen LogP contribution in [-0.4, -0.2) is 22.6 Å². The van der Waals surface area contributed by atoms with Gasteiger partial charge in [0.05, 0.1) is 18.1 Å². The van der Waals surface area contributed by atoms with Gasteiger partial charge in [0.25, 0.3) is 0 Å². The van der Waals surface area contributed by atoms with Crippen LogP contribution in [0.15, 0.2) is 48.5 Å². The average molecular weight is 295 g/mol. The van der Waals surface area contributed by atoms with Gasteiger partial charge in [0.2, 0.25) is 5.91 Å². The highest BCUT2D eigenvalue weighted by Crippen LogP contribution is 2.18. The minimum absolute atomic E-state index is 0.0977. The molecule has 0 radical (unpaired) electrons. The van der Waals surface area contributed by atoms with Gasteiger partial charge in [-0.05, 0) is 31.2 Å². The number of aryl methyl sites for hydroxylation is 1. The van der Waals surface area contributed by atoms with Gasteiger partial charge in [-0.15, -0.1) is 0 Å². The van der Waals surface area contributed by atoms with Gasteiger partial charge in [0.1, 0.15) is 18.1 Å². The number of carbonyl (C=O) groups excluding carboxylic acids is 1. The zero-order chi connectivity index (χ0) is 15.5. The summed E-state index contributed by atoms with van der Waals surface area (Å²) in [5.41, 5.74) is 2.57. The van der Waals surface area contributed by atoms with E-state index >= 15 is 0 Å². The Labute approximate surface area is 128 Å². The van der Waals surface area contributed by atoms with Gasteiger partial charge in [-0.2, -0.15) is 0 Å². The first-order valence-electron chi connectivity index (χ1n) is 7.03. The molecule has 3 aromatic rings. The zero-order valence-corrected chi connectivity index (χ0v) is 12.5. The van der Waals surface area contributed by atoms with Crippen molar-refractivity contribution in [2.75, 3.05) is 12.4 Å². The lowest BCUT2D eigenvalue weighted by Gasteiger charge is -2.09. The van der Waals surface area contributed by atoms with Gasteiger partial charge in [-0.1, -0.05) is 18.2 Å². The predicted octanol–water partition coefficient (Wildman–Crippen LogP) is 2.99. The van der Waals surface area contributed by atoms with Gasteiger partial charge in [0.15, 0.2) is 0 Å². The fraction of sp³-hybridized carbons (Fsp3) is 0.176. The second-order valence-corrected chi connectivity index (χ2v) is 5.01. The molecule has 3 rings (SSSR count). The number of hydrogen-bond donors (Lipinski definition) is 1. The number of hydrogen-bond acceptors (Lipinski definition) is 3. The molecular weight excluding hydrogens is 278 g/mol. The van der Waals surface area contributed by atoms with Crippen LogP contribution in [0.2, 0.25) is 0 Å². The monoisotopic (exact) mass is 295 g/mol. The van der Waals surface area contributed by atoms with E-state index < -0.39 is 0 Å². The summed E-state index contributed by atoms with van der Waals surface area (Å²) in [7, 11) is 1.60. The number of aromatic nitrogens is 2. The fourth-order valence-corrected chi connectivity index (χ4v) is 2.44. The number of benzene rings is 2. The number of methoxy groups -OCH3 is 1. The summed E-state index contributed by atoms with van der Waals surface area (Å²) in [6.07, 6.45) is 0. The van der Waals surface area contributed by atoms with Crippen LogP contribution < -0.4 is 10.1 Å². The quantitative estimate of drug-likeness (QED) is 0.805. The molecule has 0 atom stereocenters. The number of para-hydroxylation sites is 2. The third-order valence-corrected chi connectivity index (χ3v) is 3.50. The summed E-state index contributed by atoms with van der Waals surface area (Å²) >= 11 is 0. The summed E-state index contributed by atoms with van der Waals surface area (Å²) < 4.78 is 7.06. The molecule has 0 aliphatic heterocycles. The number of imidazole rings is 1. The molecule has 0 saturated carbocycles. The van der Waals surface area contributed by atoms with Crippen molar-refractivity contribution < 1.29 is 9.53 Å². The highest BCUT2D eigenvalue weighted by atomic mass is 16.5. The van der Waals surface area contributed by atoms with Crippen LogP contribution in [-0.2, 0) is 11.3 Å². The number of fused-ring (bicyclic) bond motifs is 1.